The fourth-order valence-electron chi connectivity index (χ4n) is 6.35. The molecule has 10 heteroatoms. The third-order valence-corrected chi connectivity index (χ3v) is 11.2. The molecule has 0 bridgehead atoms. The second-order valence-electron chi connectivity index (χ2n) is 17.5. The lowest BCUT2D eigenvalue weighted by Gasteiger charge is -2.42. The molecule has 4 heterocycles. The molecule has 2 fully saturated rings. The van der Waals surface area contributed by atoms with Gasteiger partial charge in [0.05, 0.1) is 22.6 Å². The number of rotatable bonds is 0. The van der Waals surface area contributed by atoms with Crippen LogP contribution in [0.1, 0.15) is 129 Å². The minimum absolute atomic E-state index is 0.00939. The van der Waals surface area contributed by atoms with E-state index in [0.717, 1.165) is 61.8 Å². The van der Waals surface area contributed by atoms with E-state index in [-0.39, 0.29) is 21.7 Å². The van der Waals surface area contributed by atoms with Gasteiger partial charge in [0.2, 0.25) is 0 Å². The summed E-state index contributed by atoms with van der Waals surface area (Å²) in [6, 6.07) is 9.14. The van der Waals surface area contributed by atoms with Gasteiger partial charge in [-0.05, 0) is 56.0 Å². The van der Waals surface area contributed by atoms with Crippen LogP contribution in [0.2, 0.25) is 0 Å². The Balaban J connectivity index is 0.000000181. The summed E-state index contributed by atoms with van der Waals surface area (Å²) in [6.45, 7) is 30.3. The zero-order valence-electron chi connectivity index (χ0n) is 30.1. The molecule has 0 aliphatic carbocycles. The molecule has 6 rings (SSSR count). The molecular formula is C36H54B2Br2N2O4. The first-order chi connectivity index (χ1) is 21.0. The minimum atomic E-state index is -1.59. The van der Waals surface area contributed by atoms with Gasteiger partial charge in [0.25, 0.3) is 0 Å². The van der Waals surface area contributed by atoms with Crippen molar-refractivity contribution >= 4 is 55.0 Å². The summed E-state index contributed by atoms with van der Waals surface area (Å²) in [4.78, 5) is 0. The molecule has 0 aromatic heterocycles. The lowest BCUT2D eigenvalue weighted by atomic mass is 9.78. The van der Waals surface area contributed by atoms with E-state index in [9.17, 15) is 0 Å². The predicted molar refractivity (Wildman–Crippen MR) is 200 cm³/mol. The summed E-state index contributed by atoms with van der Waals surface area (Å²) < 4.78 is 29.0. The van der Waals surface area contributed by atoms with Crippen LogP contribution in [0.3, 0.4) is 0 Å². The van der Waals surface area contributed by atoms with Gasteiger partial charge in [0.15, 0.2) is 0 Å². The van der Waals surface area contributed by atoms with E-state index in [0.29, 0.717) is 0 Å². The van der Waals surface area contributed by atoms with E-state index in [4.69, 9.17) is 18.6 Å². The topological polar surface area (TPSA) is 42.9 Å². The van der Waals surface area contributed by atoms with E-state index in [2.05, 4.69) is 160 Å². The van der Waals surface area contributed by atoms with Gasteiger partial charge in [-0.3, -0.25) is 0 Å². The Morgan fingerprint density at radius 2 is 0.891 bits per heavy atom. The lowest BCUT2D eigenvalue weighted by molar-refractivity contribution is -0.436. The minimum Gasteiger partial charge on any atom is -0.624 e. The van der Waals surface area contributed by atoms with Crippen molar-refractivity contribution in [1.82, 2.24) is 0 Å². The van der Waals surface area contributed by atoms with Crippen molar-refractivity contribution in [3.05, 3.63) is 57.6 Å². The SMILES string of the molecule is CC(C)(C)c1cc2c(c(C(C)(C)C)c1)O[B@-]1(Br)OCCC[N+]1=C2.CC(C)(C)c1cc2c(c(C(C)(C)C)c1)O[B@-]1(Br)OCCC[N+]1=C2. The maximum absolute atomic E-state index is 6.40. The van der Waals surface area contributed by atoms with Gasteiger partial charge in [-0.25, -0.2) is 0 Å². The molecule has 2 atom stereocenters. The predicted octanol–water partition coefficient (Wildman–Crippen LogP) is 8.71. The van der Waals surface area contributed by atoms with Crippen molar-refractivity contribution in [1.29, 1.82) is 0 Å². The fourth-order valence-corrected chi connectivity index (χ4v) is 7.74. The van der Waals surface area contributed by atoms with E-state index >= 15 is 0 Å². The number of nitrogens with zero attached hydrogens (tertiary/aromatic N) is 2. The molecule has 252 valence electrons. The zero-order chi connectivity index (χ0) is 34.1. The molecule has 4 aliphatic rings. The van der Waals surface area contributed by atoms with Crippen molar-refractivity contribution in [2.75, 3.05) is 26.3 Å². The Labute approximate surface area is 294 Å². The molecular weight excluding hydrogens is 706 g/mol. The van der Waals surface area contributed by atoms with E-state index in [1.54, 1.807) is 0 Å². The normalized spacial score (nSPS) is 24.4. The number of fused-ring (bicyclic) bond motifs is 4. The highest BCUT2D eigenvalue weighted by atomic mass is 79.9. The van der Waals surface area contributed by atoms with Crippen LogP contribution in [-0.4, -0.2) is 58.7 Å². The van der Waals surface area contributed by atoms with Crippen LogP contribution >= 0.6 is 31.5 Å². The number of benzene rings is 2. The van der Waals surface area contributed by atoms with Crippen LogP contribution in [0.5, 0.6) is 11.5 Å². The second-order valence-corrected chi connectivity index (χ2v) is 19.8. The molecule has 46 heavy (non-hydrogen) atoms. The Morgan fingerprint density at radius 3 is 1.20 bits per heavy atom. The fraction of sp³-hybridized carbons (Fsp3) is 0.611. The molecule has 2 saturated heterocycles. The van der Waals surface area contributed by atoms with Crippen molar-refractivity contribution in [2.24, 2.45) is 0 Å². The van der Waals surface area contributed by atoms with E-state index in [1.807, 2.05) is 0 Å². The molecule has 0 spiro atoms. The number of halogens is 2. The highest BCUT2D eigenvalue weighted by Gasteiger charge is 2.49. The van der Waals surface area contributed by atoms with Crippen LogP contribution in [0.25, 0.3) is 0 Å². The molecule has 0 amide bonds. The average molecular weight is 760 g/mol. The van der Waals surface area contributed by atoms with Crippen LogP contribution < -0.4 is 9.31 Å². The maximum Gasteiger partial charge on any atom is 0.659 e. The highest BCUT2D eigenvalue weighted by Crippen LogP contribution is 2.43. The standard InChI is InChI=1S/2C18H27BBrNO2/c2*1-17(2,3)14-10-13-12-21-8-7-9-22-19(21,20)23-16(13)15(11-14)18(4,5)6/h2*10-12H,7-9H2,1-6H3/t2*19-/m00/s1. The van der Waals surface area contributed by atoms with Crippen LogP contribution in [-0.2, 0) is 31.0 Å². The quantitative estimate of drug-likeness (QED) is 0.252. The Hall–Kier alpha value is -1.61. The van der Waals surface area contributed by atoms with E-state index < -0.39 is 11.0 Å². The average Bonchev–Trinajstić information content (AvgIpc) is 2.91. The zero-order valence-corrected chi connectivity index (χ0v) is 33.3. The van der Waals surface area contributed by atoms with Gasteiger partial charge < -0.3 is 27.6 Å². The Bertz CT molecular complexity index is 1460. The smallest absolute Gasteiger partial charge is 0.624 e. The van der Waals surface area contributed by atoms with Gasteiger partial charge in [-0.2, -0.15) is 31.5 Å². The molecule has 0 radical (unpaired) electrons. The second kappa shape index (κ2) is 12.1. The highest BCUT2D eigenvalue weighted by molar-refractivity contribution is 9.25. The Morgan fingerprint density at radius 1 is 0.543 bits per heavy atom. The Kier molecular flexibility index (Phi) is 9.36. The van der Waals surface area contributed by atoms with Gasteiger partial charge in [-0.15, -0.1) is 0 Å². The van der Waals surface area contributed by atoms with Crippen molar-refractivity contribution in [2.45, 2.75) is 118 Å². The van der Waals surface area contributed by atoms with Crippen molar-refractivity contribution < 1.29 is 27.6 Å². The van der Waals surface area contributed by atoms with Crippen molar-refractivity contribution in [3.8, 4) is 11.5 Å². The van der Waals surface area contributed by atoms with E-state index in [1.165, 1.54) is 22.3 Å². The monoisotopic (exact) mass is 758 g/mol. The third kappa shape index (κ3) is 7.21. The first kappa shape index (κ1) is 35.7. The molecule has 0 unspecified atom stereocenters. The lowest BCUT2D eigenvalue weighted by Crippen LogP contribution is -2.57. The molecule has 2 aromatic rings. The van der Waals surface area contributed by atoms with Crippen LogP contribution in [0.4, 0.5) is 0 Å². The summed E-state index contributed by atoms with van der Waals surface area (Å²) in [5, 5.41) is 0. The molecule has 0 N–H and O–H groups in total. The first-order valence-corrected chi connectivity index (χ1v) is 18.7. The van der Waals surface area contributed by atoms with Gasteiger partial charge in [0, 0.05) is 26.1 Å². The summed E-state index contributed by atoms with van der Waals surface area (Å²) in [6.07, 6.45) is 6.46. The molecule has 2 aromatic carbocycles. The van der Waals surface area contributed by atoms with Gasteiger partial charge >= 0.3 is 11.0 Å². The summed E-state index contributed by atoms with van der Waals surface area (Å²) in [5.74, 6) is 1.92. The molecule has 0 saturated carbocycles. The molecule has 6 nitrogen and oxygen atoms in total. The number of hydrogen-bond acceptors (Lipinski definition) is 4. The maximum atomic E-state index is 6.40. The van der Waals surface area contributed by atoms with Gasteiger partial charge in [0.1, 0.15) is 25.5 Å². The summed E-state index contributed by atoms with van der Waals surface area (Å²) in [5.41, 5.74) is 4.53. The largest absolute Gasteiger partial charge is 0.659 e. The van der Waals surface area contributed by atoms with Gasteiger partial charge in [-0.1, -0.05) is 95.2 Å². The summed E-state index contributed by atoms with van der Waals surface area (Å²) in [7, 11) is 0. The summed E-state index contributed by atoms with van der Waals surface area (Å²) >= 11 is 7.43. The van der Waals surface area contributed by atoms with Crippen LogP contribution in [0, 0.1) is 0 Å². The molecule has 4 aliphatic heterocycles. The third-order valence-electron chi connectivity index (χ3n) is 9.28. The van der Waals surface area contributed by atoms with Crippen molar-refractivity contribution in [3.63, 3.8) is 0 Å². The van der Waals surface area contributed by atoms with Crippen LogP contribution in [0.15, 0.2) is 24.3 Å². The first-order valence-electron chi connectivity index (χ1n) is 16.9. The number of hydrogen-bond donors (Lipinski definition) is 0.